The maximum atomic E-state index is 13.7. The van der Waals surface area contributed by atoms with Crippen molar-refractivity contribution < 1.29 is 9.13 Å². The molecule has 90 valence electrons. The van der Waals surface area contributed by atoms with Crippen LogP contribution in [0.1, 0.15) is 37.8 Å². The zero-order chi connectivity index (χ0) is 12.5. The highest BCUT2D eigenvalue weighted by Crippen LogP contribution is 2.25. The van der Waals surface area contributed by atoms with Gasteiger partial charge in [0.15, 0.2) is 0 Å². The molecule has 0 bridgehead atoms. The second-order valence-electron chi connectivity index (χ2n) is 5.19. The fraction of sp³-hybridized carbons (Fsp3) is 0.467. The number of ether oxygens (including phenoxy) is 1. The van der Waals surface area contributed by atoms with E-state index < -0.39 is 0 Å². The van der Waals surface area contributed by atoms with Crippen molar-refractivity contribution in [2.45, 2.75) is 26.7 Å². The normalized spacial score (nSPS) is 17.2. The van der Waals surface area contributed by atoms with Gasteiger partial charge in [0.1, 0.15) is 5.82 Å². The summed E-state index contributed by atoms with van der Waals surface area (Å²) in [6.07, 6.45) is 0. The second kappa shape index (κ2) is 4.50. The molecule has 0 N–H and O–H groups in total. The fourth-order valence-corrected chi connectivity index (χ4v) is 1.78. The highest BCUT2D eigenvalue weighted by molar-refractivity contribution is 5.39. The molecule has 0 atom stereocenters. The maximum Gasteiger partial charge on any atom is 0.127 e. The predicted octanol–water partition coefficient (Wildman–Crippen LogP) is 3.34. The molecule has 0 unspecified atom stereocenters. The second-order valence-corrected chi connectivity index (χ2v) is 5.19. The van der Waals surface area contributed by atoms with Crippen LogP contribution in [0, 0.1) is 23.1 Å². The Hall–Kier alpha value is -1.33. The van der Waals surface area contributed by atoms with Crippen molar-refractivity contribution in [3.8, 4) is 11.8 Å². The first kappa shape index (κ1) is 12.1. The summed E-state index contributed by atoms with van der Waals surface area (Å²) in [5.41, 5.74) is 1.43. The minimum absolute atomic E-state index is 0.0484. The Balaban J connectivity index is 2.20. The van der Waals surface area contributed by atoms with Crippen LogP contribution < -0.4 is 0 Å². The molecule has 0 radical (unpaired) electrons. The molecule has 17 heavy (non-hydrogen) atoms. The number of halogens is 1. The summed E-state index contributed by atoms with van der Waals surface area (Å²) in [6.45, 7) is 7.37. The molecule has 0 aromatic heterocycles. The molecule has 1 aliphatic rings. The summed E-state index contributed by atoms with van der Waals surface area (Å²) in [6, 6.07) is 5.23. The average molecular weight is 232 g/mol. The van der Waals surface area contributed by atoms with Crippen molar-refractivity contribution in [3.63, 3.8) is 0 Å². The van der Waals surface area contributed by atoms with Crippen LogP contribution in [0.15, 0.2) is 18.2 Å². The molecule has 0 spiro atoms. The van der Waals surface area contributed by atoms with Gasteiger partial charge in [0, 0.05) is 5.56 Å². The molecule has 2 heteroatoms. The van der Waals surface area contributed by atoms with Gasteiger partial charge in [-0.25, -0.2) is 4.39 Å². The average Bonchev–Trinajstić information content (AvgIpc) is 2.23. The molecule has 0 amide bonds. The van der Waals surface area contributed by atoms with Gasteiger partial charge in [-0.05, 0) is 30.5 Å². The quantitative estimate of drug-likeness (QED) is 0.675. The van der Waals surface area contributed by atoms with Crippen molar-refractivity contribution in [1.82, 2.24) is 0 Å². The van der Waals surface area contributed by atoms with Gasteiger partial charge in [0.25, 0.3) is 0 Å². The number of benzene rings is 1. The Morgan fingerprint density at radius 1 is 1.35 bits per heavy atom. The van der Waals surface area contributed by atoms with Gasteiger partial charge in [-0.2, -0.15) is 0 Å². The van der Waals surface area contributed by atoms with Crippen LogP contribution in [0.25, 0.3) is 0 Å². The molecule has 1 aliphatic heterocycles. The summed E-state index contributed by atoms with van der Waals surface area (Å²) < 4.78 is 18.8. The van der Waals surface area contributed by atoms with Crippen molar-refractivity contribution in [2.75, 3.05) is 13.2 Å². The van der Waals surface area contributed by atoms with Crippen LogP contribution in [0.4, 0.5) is 4.39 Å². The topological polar surface area (TPSA) is 9.23 Å². The standard InChI is InChI=1S/C15H17FO/c1-11(2)13-5-4-12(8-14(13)16)6-7-15(3)9-17-10-15/h4-5,8,11H,9-10H2,1-3H3. The Morgan fingerprint density at radius 3 is 2.53 bits per heavy atom. The molecule has 2 rings (SSSR count). The van der Waals surface area contributed by atoms with Gasteiger partial charge < -0.3 is 4.74 Å². The maximum absolute atomic E-state index is 13.7. The van der Waals surface area contributed by atoms with Gasteiger partial charge in [0.05, 0.1) is 18.6 Å². The first-order chi connectivity index (χ1) is 8.00. The molecule has 0 aliphatic carbocycles. The monoisotopic (exact) mass is 232 g/mol. The first-order valence-corrected chi connectivity index (χ1v) is 5.90. The zero-order valence-electron chi connectivity index (χ0n) is 10.5. The molecule has 1 aromatic carbocycles. The van der Waals surface area contributed by atoms with Crippen LogP contribution in [0.5, 0.6) is 0 Å². The van der Waals surface area contributed by atoms with E-state index >= 15 is 0 Å². The lowest BCUT2D eigenvalue weighted by atomic mass is 9.89. The van der Waals surface area contributed by atoms with Gasteiger partial charge in [0.2, 0.25) is 0 Å². The Labute approximate surface area is 102 Å². The third-order valence-electron chi connectivity index (χ3n) is 2.97. The number of hydrogen-bond acceptors (Lipinski definition) is 1. The molecule has 1 saturated heterocycles. The van der Waals surface area contributed by atoms with Gasteiger partial charge >= 0.3 is 0 Å². The zero-order valence-corrected chi connectivity index (χ0v) is 10.5. The predicted molar refractivity (Wildman–Crippen MR) is 66.3 cm³/mol. The smallest absolute Gasteiger partial charge is 0.127 e. The third kappa shape index (κ3) is 2.68. The SMILES string of the molecule is CC(C)c1ccc(C#CC2(C)COC2)cc1F. The molecule has 0 saturated carbocycles. The Kier molecular flexibility index (Phi) is 3.22. The van der Waals surface area contributed by atoms with Gasteiger partial charge in [-0.15, -0.1) is 0 Å². The molecular weight excluding hydrogens is 215 g/mol. The van der Waals surface area contributed by atoms with E-state index in [1.54, 1.807) is 0 Å². The summed E-state index contributed by atoms with van der Waals surface area (Å²) in [5.74, 6) is 6.21. The van der Waals surface area contributed by atoms with Crippen molar-refractivity contribution in [3.05, 3.63) is 35.1 Å². The lowest BCUT2D eigenvalue weighted by molar-refractivity contribution is -0.0648. The summed E-state index contributed by atoms with van der Waals surface area (Å²) in [4.78, 5) is 0. The molecule has 1 fully saturated rings. The Morgan fingerprint density at radius 2 is 2.06 bits per heavy atom. The lowest BCUT2D eigenvalue weighted by Crippen LogP contribution is -2.38. The van der Waals surface area contributed by atoms with E-state index in [4.69, 9.17) is 4.74 Å². The fourth-order valence-electron chi connectivity index (χ4n) is 1.78. The highest BCUT2D eigenvalue weighted by Gasteiger charge is 2.30. The van der Waals surface area contributed by atoms with E-state index in [0.29, 0.717) is 13.2 Å². The van der Waals surface area contributed by atoms with Gasteiger partial charge in [-0.3, -0.25) is 0 Å². The minimum Gasteiger partial charge on any atom is -0.378 e. The van der Waals surface area contributed by atoms with Crippen LogP contribution in [0.3, 0.4) is 0 Å². The highest BCUT2D eigenvalue weighted by atomic mass is 19.1. The Bertz CT molecular complexity index is 475. The van der Waals surface area contributed by atoms with E-state index in [9.17, 15) is 4.39 Å². The summed E-state index contributed by atoms with van der Waals surface area (Å²) >= 11 is 0. The van der Waals surface area contributed by atoms with Crippen LogP contribution in [-0.2, 0) is 4.74 Å². The largest absolute Gasteiger partial charge is 0.378 e. The van der Waals surface area contributed by atoms with E-state index in [-0.39, 0.29) is 17.2 Å². The van der Waals surface area contributed by atoms with E-state index in [0.717, 1.165) is 11.1 Å². The van der Waals surface area contributed by atoms with E-state index in [1.807, 2.05) is 26.0 Å². The summed E-state index contributed by atoms with van der Waals surface area (Å²) in [5, 5.41) is 0. The van der Waals surface area contributed by atoms with E-state index in [1.165, 1.54) is 6.07 Å². The third-order valence-corrected chi connectivity index (χ3v) is 2.97. The molecule has 1 aromatic rings. The minimum atomic E-state index is -0.165. The van der Waals surface area contributed by atoms with Crippen LogP contribution >= 0.6 is 0 Å². The van der Waals surface area contributed by atoms with Crippen LogP contribution in [0.2, 0.25) is 0 Å². The first-order valence-electron chi connectivity index (χ1n) is 5.90. The molecule has 1 heterocycles. The number of rotatable bonds is 1. The van der Waals surface area contributed by atoms with Crippen LogP contribution in [-0.4, -0.2) is 13.2 Å². The van der Waals surface area contributed by atoms with Crippen molar-refractivity contribution in [1.29, 1.82) is 0 Å². The van der Waals surface area contributed by atoms with Crippen molar-refractivity contribution >= 4 is 0 Å². The lowest BCUT2D eigenvalue weighted by Gasteiger charge is -2.32. The molecular formula is C15H17FO. The van der Waals surface area contributed by atoms with E-state index in [2.05, 4.69) is 18.8 Å². The van der Waals surface area contributed by atoms with Crippen molar-refractivity contribution in [2.24, 2.45) is 5.41 Å². The summed E-state index contributed by atoms with van der Waals surface area (Å²) in [7, 11) is 0. The number of hydrogen-bond donors (Lipinski definition) is 0. The molecule has 1 nitrogen and oxygen atoms in total. The van der Waals surface area contributed by atoms with Gasteiger partial charge in [-0.1, -0.05) is 31.8 Å².